The van der Waals surface area contributed by atoms with Crippen molar-refractivity contribution in [1.82, 2.24) is 9.78 Å². The van der Waals surface area contributed by atoms with Gasteiger partial charge in [0.2, 0.25) is 0 Å². The van der Waals surface area contributed by atoms with Gasteiger partial charge >= 0.3 is 12.1 Å². The molecule has 0 amide bonds. The molecule has 5 nitrogen and oxygen atoms in total. The number of nitrogens with two attached hydrogens (primary N) is 1. The van der Waals surface area contributed by atoms with Gasteiger partial charge < -0.3 is 10.5 Å². The lowest BCUT2D eigenvalue weighted by Gasteiger charge is -2.08. The first-order valence-electron chi connectivity index (χ1n) is 4.81. The fourth-order valence-electron chi connectivity index (χ4n) is 1.31. The van der Waals surface area contributed by atoms with Gasteiger partial charge in [0.1, 0.15) is 0 Å². The second kappa shape index (κ2) is 4.64. The maximum absolute atomic E-state index is 11.9. The van der Waals surface area contributed by atoms with Crippen LogP contribution in [0.1, 0.15) is 23.1 Å². The monoisotopic (exact) mass is 251 g/mol. The second-order valence-corrected chi connectivity index (χ2v) is 3.38. The molecule has 1 aromatic rings. The van der Waals surface area contributed by atoms with Crippen molar-refractivity contribution in [1.29, 1.82) is 0 Å². The van der Waals surface area contributed by atoms with Crippen molar-refractivity contribution < 1.29 is 22.7 Å². The lowest BCUT2D eigenvalue weighted by Crippen LogP contribution is -2.22. The molecule has 0 aliphatic rings. The summed E-state index contributed by atoms with van der Waals surface area (Å²) in [6, 6.07) is 0. The van der Waals surface area contributed by atoms with E-state index in [0.29, 0.717) is 12.1 Å². The Hall–Kier alpha value is -1.73. The fourth-order valence-corrected chi connectivity index (χ4v) is 1.31. The number of hydrogen-bond acceptors (Lipinski definition) is 4. The van der Waals surface area contributed by atoms with Crippen LogP contribution in [-0.4, -0.2) is 28.5 Å². The lowest BCUT2D eigenvalue weighted by atomic mass is 10.2. The van der Waals surface area contributed by atoms with Gasteiger partial charge in [-0.15, -0.1) is 0 Å². The highest BCUT2D eigenvalue weighted by Crippen LogP contribution is 2.20. The molecular formula is C9H12F3N3O2. The van der Waals surface area contributed by atoms with Crippen molar-refractivity contribution in [2.45, 2.75) is 19.5 Å². The zero-order chi connectivity index (χ0) is 13.2. The third-order valence-electron chi connectivity index (χ3n) is 2.06. The maximum Gasteiger partial charge on any atom is 0.422 e. The van der Waals surface area contributed by atoms with Crippen LogP contribution in [0, 0.1) is 0 Å². The Kier molecular flexibility index (Phi) is 3.64. The number of ether oxygens (including phenoxy) is 1. The summed E-state index contributed by atoms with van der Waals surface area (Å²) in [5, 5.41) is 3.90. The molecule has 1 aromatic heterocycles. The summed E-state index contributed by atoms with van der Waals surface area (Å²) >= 11 is 0. The molecule has 0 aromatic carbocycles. The maximum atomic E-state index is 11.9. The van der Waals surface area contributed by atoms with E-state index < -0.39 is 18.8 Å². The van der Waals surface area contributed by atoms with Gasteiger partial charge in [0.25, 0.3) is 0 Å². The molecule has 0 aliphatic heterocycles. The number of aryl methyl sites for hydroxylation is 2. The molecule has 17 heavy (non-hydrogen) atoms. The molecule has 1 rings (SSSR count). The van der Waals surface area contributed by atoms with Crippen LogP contribution in [0.25, 0.3) is 0 Å². The van der Waals surface area contributed by atoms with Crippen molar-refractivity contribution >= 4 is 11.7 Å². The summed E-state index contributed by atoms with van der Waals surface area (Å²) in [4.78, 5) is 11.4. The van der Waals surface area contributed by atoms with Gasteiger partial charge in [-0.25, -0.2) is 4.79 Å². The first-order valence-corrected chi connectivity index (χ1v) is 4.81. The summed E-state index contributed by atoms with van der Waals surface area (Å²) in [5.74, 6) is -1.13. The number of carbonyl (C=O) groups excluding carboxylic acids is 1. The summed E-state index contributed by atoms with van der Waals surface area (Å²) < 4.78 is 40.8. The zero-order valence-electron chi connectivity index (χ0n) is 9.34. The number of hydrogen-bond donors (Lipinski definition) is 1. The predicted molar refractivity (Wildman–Crippen MR) is 53.3 cm³/mol. The second-order valence-electron chi connectivity index (χ2n) is 3.38. The molecule has 0 atom stereocenters. The fraction of sp³-hybridized carbons (Fsp3) is 0.556. The van der Waals surface area contributed by atoms with Crippen molar-refractivity contribution in [3.05, 3.63) is 11.4 Å². The highest BCUT2D eigenvalue weighted by molar-refractivity contribution is 5.93. The number of rotatable bonds is 3. The molecule has 8 heteroatoms. The summed E-state index contributed by atoms with van der Waals surface area (Å²) in [6.07, 6.45) is -4.08. The number of halogens is 3. The normalized spacial score (nSPS) is 11.6. The van der Waals surface area contributed by atoms with Crippen molar-refractivity contribution in [2.24, 2.45) is 7.05 Å². The van der Waals surface area contributed by atoms with Gasteiger partial charge in [-0.1, -0.05) is 6.92 Å². The Bertz CT molecular complexity index is 426. The van der Waals surface area contributed by atoms with E-state index in [1.807, 2.05) is 0 Å². The van der Waals surface area contributed by atoms with E-state index in [0.717, 1.165) is 4.68 Å². The van der Waals surface area contributed by atoms with E-state index in [9.17, 15) is 18.0 Å². The third-order valence-corrected chi connectivity index (χ3v) is 2.06. The smallest absolute Gasteiger partial charge is 0.422 e. The van der Waals surface area contributed by atoms with E-state index in [4.69, 9.17) is 5.73 Å². The van der Waals surface area contributed by atoms with Crippen LogP contribution < -0.4 is 5.73 Å². The van der Waals surface area contributed by atoms with Crippen LogP contribution in [0.4, 0.5) is 18.9 Å². The molecule has 0 bridgehead atoms. The highest BCUT2D eigenvalue weighted by atomic mass is 19.4. The Morgan fingerprint density at radius 3 is 2.53 bits per heavy atom. The molecule has 1 heterocycles. The van der Waals surface area contributed by atoms with Crippen LogP contribution in [0.3, 0.4) is 0 Å². The van der Waals surface area contributed by atoms with Crippen LogP contribution in [0.5, 0.6) is 0 Å². The molecule has 96 valence electrons. The van der Waals surface area contributed by atoms with Gasteiger partial charge in [-0.05, 0) is 6.42 Å². The molecule has 0 radical (unpaired) electrons. The van der Waals surface area contributed by atoms with Gasteiger partial charge in [0.05, 0.1) is 11.4 Å². The summed E-state index contributed by atoms with van der Waals surface area (Å²) in [6.45, 7) is 0.126. The number of nitrogens with zero attached hydrogens (tertiary/aromatic N) is 2. The van der Waals surface area contributed by atoms with Crippen LogP contribution in [0.2, 0.25) is 0 Å². The topological polar surface area (TPSA) is 70.1 Å². The quantitative estimate of drug-likeness (QED) is 0.821. The molecule has 2 N–H and O–H groups in total. The Morgan fingerprint density at radius 2 is 2.12 bits per heavy atom. The SMILES string of the molecule is CCc1nn(C)c(C(=O)OCC(F)(F)F)c1N. The number of anilines is 1. The highest BCUT2D eigenvalue weighted by Gasteiger charge is 2.31. The first-order chi connectivity index (χ1) is 7.76. The van der Waals surface area contributed by atoms with Gasteiger partial charge in [-0.3, -0.25) is 4.68 Å². The molecule has 0 saturated carbocycles. The molecule has 0 spiro atoms. The number of carbonyl (C=O) groups is 1. The molecule has 0 fully saturated rings. The van der Waals surface area contributed by atoms with E-state index >= 15 is 0 Å². The number of alkyl halides is 3. The molecule has 0 saturated heterocycles. The predicted octanol–water partition coefficient (Wildman–Crippen LogP) is 1.28. The minimum Gasteiger partial charge on any atom is -0.451 e. The van der Waals surface area contributed by atoms with Crippen LogP contribution in [0.15, 0.2) is 0 Å². The minimum atomic E-state index is -4.56. The van der Waals surface area contributed by atoms with E-state index in [1.165, 1.54) is 7.05 Å². The largest absolute Gasteiger partial charge is 0.451 e. The van der Waals surface area contributed by atoms with Crippen LogP contribution in [-0.2, 0) is 18.2 Å². The minimum absolute atomic E-state index is 0.0576. The van der Waals surface area contributed by atoms with E-state index in [1.54, 1.807) is 6.92 Å². The third kappa shape index (κ3) is 3.11. The average Bonchev–Trinajstić information content (AvgIpc) is 2.49. The van der Waals surface area contributed by atoms with Gasteiger partial charge in [0, 0.05) is 7.05 Å². The van der Waals surface area contributed by atoms with Crippen molar-refractivity contribution in [3.8, 4) is 0 Å². The number of esters is 1. The zero-order valence-corrected chi connectivity index (χ0v) is 9.34. The molecular weight excluding hydrogens is 239 g/mol. The number of nitrogen functional groups attached to an aromatic ring is 1. The van der Waals surface area contributed by atoms with Crippen LogP contribution >= 0.6 is 0 Å². The molecule has 0 aliphatic carbocycles. The summed E-state index contributed by atoms with van der Waals surface area (Å²) in [5.41, 5.74) is 5.94. The average molecular weight is 251 g/mol. The van der Waals surface area contributed by atoms with Crippen molar-refractivity contribution in [3.63, 3.8) is 0 Å². The van der Waals surface area contributed by atoms with Crippen molar-refractivity contribution in [2.75, 3.05) is 12.3 Å². The number of aromatic nitrogens is 2. The van der Waals surface area contributed by atoms with Gasteiger partial charge in [0.15, 0.2) is 12.3 Å². The Balaban J connectivity index is 2.86. The Labute approximate surface area is 95.3 Å². The lowest BCUT2D eigenvalue weighted by molar-refractivity contribution is -0.161. The summed E-state index contributed by atoms with van der Waals surface area (Å²) in [7, 11) is 1.42. The molecule has 0 unspecified atom stereocenters. The van der Waals surface area contributed by atoms with E-state index in [2.05, 4.69) is 9.84 Å². The Morgan fingerprint density at radius 1 is 1.53 bits per heavy atom. The van der Waals surface area contributed by atoms with Gasteiger partial charge in [-0.2, -0.15) is 18.3 Å². The standard InChI is InChI=1S/C9H12F3N3O2/c1-3-5-6(13)7(15(2)14-5)8(16)17-4-9(10,11)12/h3-4,13H2,1-2H3. The van der Waals surface area contributed by atoms with E-state index in [-0.39, 0.29) is 11.4 Å². The first kappa shape index (κ1) is 13.3.